The van der Waals surface area contributed by atoms with Crippen LogP contribution in [0.15, 0.2) is 31.0 Å². The van der Waals surface area contributed by atoms with Crippen LogP contribution in [0.1, 0.15) is 37.2 Å². The summed E-state index contributed by atoms with van der Waals surface area (Å²) < 4.78 is 0. The first-order valence-corrected chi connectivity index (χ1v) is 6.83. The summed E-state index contributed by atoms with van der Waals surface area (Å²) in [6.45, 7) is 10.3. The summed E-state index contributed by atoms with van der Waals surface area (Å²) in [5, 5.41) is 2.74. The Balaban J connectivity index is 2.84. The number of aromatic nitrogens is 1. The molecule has 1 aromatic heterocycles. The lowest BCUT2D eigenvalue weighted by Gasteiger charge is -2.23. The predicted molar refractivity (Wildman–Crippen MR) is 79.6 cm³/mol. The quantitative estimate of drug-likeness (QED) is 0.732. The van der Waals surface area contributed by atoms with Gasteiger partial charge in [-0.25, -0.2) is 0 Å². The standard InChI is InChI=1S/C15H23N3O/c1-4-8-17-15(19)14-12-13(7-9-16-14)18(10-5-2)11-6-3/h4,7,9,12H,1,5-6,8,10-11H2,2-3H3,(H,17,19). The highest BCUT2D eigenvalue weighted by molar-refractivity contribution is 5.93. The van der Waals surface area contributed by atoms with E-state index in [9.17, 15) is 4.79 Å². The number of pyridine rings is 1. The third-order valence-electron chi connectivity index (χ3n) is 2.74. The van der Waals surface area contributed by atoms with E-state index >= 15 is 0 Å². The molecule has 1 aromatic rings. The third kappa shape index (κ3) is 4.73. The molecule has 0 fully saturated rings. The summed E-state index contributed by atoms with van der Waals surface area (Å²) in [6, 6.07) is 3.80. The average molecular weight is 261 g/mol. The van der Waals surface area contributed by atoms with Gasteiger partial charge >= 0.3 is 0 Å². The van der Waals surface area contributed by atoms with Crippen LogP contribution in [0.2, 0.25) is 0 Å². The van der Waals surface area contributed by atoms with Crippen molar-refractivity contribution in [2.45, 2.75) is 26.7 Å². The number of nitrogens with zero attached hydrogens (tertiary/aromatic N) is 2. The Kier molecular flexibility index (Phi) is 6.64. The number of hydrogen-bond donors (Lipinski definition) is 1. The lowest BCUT2D eigenvalue weighted by atomic mass is 10.2. The molecule has 19 heavy (non-hydrogen) atoms. The van der Waals surface area contributed by atoms with Crippen LogP contribution in [0.25, 0.3) is 0 Å². The first-order valence-electron chi connectivity index (χ1n) is 6.83. The summed E-state index contributed by atoms with van der Waals surface area (Å²) in [5.41, 5.74) is 1.51. The first-order chi connectivity index (χ1) is 9.22. The number of carbonyl (C=O) groups is 1. The average Bonchev–Trinajstić information content (AvgIpc) is 2.44. The molecule has 0 aliphatic rings. The van der Waals surface area contributed by atoms with Crippen molar-refractivity contribution in [2.75, 3.05) is 24.5 Å². The fourth-order valence-electron chi connectivity index (χ4n) is 1.91. The molecule has 1 amide bonds. The van der Waals surface area contributed by atoms with Crippen LogP contribution >= 0.6 is 0 Å². The minimum absolute atomic E-state index is 0.158. The van der Waals surface area contributed by atoms with Gasteiger partial charge in [-0.1, -0.05) is 19.9 Å². The fourth-order valence-corrected chi connectivity index (χ4v) is 1.91. The molecular formula is C15H23N3O. The van der Waals surface area contributed by atoms with Crippen LogP contribution in [0.5, 0.6) is 0 Å². The van der Waals surface area contributed by atoms with E-state index in [-0.39, 0.29) is 5.91 Å². The van der Waals surface area contributed by atoms with Crippen molar-refractivity contribution < 1.29 is 4.79 Å². The van der Waals surface area contributed by atoms with Gasteiger partial charge in [0, 0.05) is 31.5 Å². The topological polar surface area (TPSA) is 45.2 Å². The van der Waals surface area contributed by atoms with Crippen LogP contribution in [-0.2, 0) is 0 Å². The van der Waals surface area contributed by atoms with E-state index in [0.717, 1.165) is 31.6 Å². The SMILES string of the molecule is C=CCNC(=O)c1cc(N(CCC)CCC)ccn1. The number of nitrogens with one attached hydrogen (secondary N) is 1. The smallest absolute Gasteiger partial charge is 0.270 e. The van der Waals surface area contributed by atoms with E-state index in [0.29, 0.717) is 12.2 Å². The van der Waals surface area contributed by atoms with Gasteiger partial charge in [0.1, 0.15) is 5.69 Å². The van der Waals surface area contributed by atoms with Gasteiger partial charge < -0.3 is 10.2 Å². The molecule has 0 bridgehead atoms. The Morgan fingerprint density at radius 2 is 2.11 bits per heavy atom. The summed E-state index contributed by atoms with van der Waals surface area (Å²) >= 11 is 0. The van der Waals surface area contributed by atoms with E-state index in [1.165, 1.54) is 0 Å². The molecule has 104 valence electrons. The number of carbonyl (C=O) groups excluding carboxylic acids is 1. The minimum Gasteiger partial charge on any atom is -0.371 e. The number of hydrogen-bond acceptors (Lipinski definition) is 3. The Labute approximate surface area is 115 Å². The van der Waals surface area contributed by atoms with Crippen molar-refractivity contribution in [2.24, 2.45) is 0 Å². The van der Waals surface area contributed by atoms with Gasteiger partial charge in [-0.15, -0.1) is 6.58 Å². The van der Waals surface area contributed by atoms with Crippen molar-refractivity contribution in [1.82, 2.24) is 10.3 Å². The van der Waals surface area contributed by atoms with Crippen molar-refractivity contribution in [3.8, 4) is 0 Å². The third-order valence-corrected chi connectivity index (χ3v) is 2.74. The highest BCUT2D eigenvalue weighted by atomic mass is 16.1. The van der Waals surface area contributed by atoms with Crippen molar-refractivity contribution in [3.05, 3.63) is 36.7 Å². The zero-order valence-electron chi connectivity index (χ0n) is 11.9. The van der Waals surface area contributed by atoms with E-state index in [1.54, 1.807) is 12.3 Å². The van der Waals surface area contributed by atoms with Gasteiger partial charge in [-0.3, -0.25) is 9.78 Å². The van der Waals surface area contributed by atoms with Gasteiger partial charge in [0.25, 0.3) is 5.91 Å². The normalized spacial score (nSPS) is 10.0. The molecule has 0 saturated heterocycles. The molecule has 0 spiro atoms. The Bertz CT molecular complexity index is 412. The number of rotatable bonds is 8. The minimum atomic E-state index is -0.158. The highest BCUT2D eigenvalue weighted by Crippen LogP contribution is 2.15. The molecule has 0 aromatic carbocycles. The molecule has 0 radical (unpaired) electrons. The van der Waals surface area contributed by atoms with Gasteiger partial charge in [0.15, 0.2) is 0 Å². The van der Waals surface area contributed by atoms with Gasteiger partial charge in [-0.2, -0.15) is 0 Å². The molecule has 0 unspecified atom stereocenters. The van der Waals surface area contributed by atoms with Gasteiger partial charge in [0.05, 0.1) is 0 Å². The largest absolute Gasteiger partial charge is 0.371 e. The molecule has 4 nitrogen and oxygen atoms in total. The highest BCUT2D eigenvalue weighted by Gasteiger charge is 2.10. The van der Waals surface area contributed by atoms with E-state index < -0.39 is 0 Å². The maximum absolute atomic E-state index is 11.9. The molecule has 0 atom stereocenters. The van der Waals surface area contributed by atoms with E-state index in [4.69, 9.17) is 0 Å². The molecular weight excluding hydrogens is 238 g/mol. The van der Waals surface area contributed by atoms with E-state index in [1.807, 2.05) is 12.1 Å². The molecule has 4 heteroatoms. The Morgan fingerprint density at radius 1 is 1.42 bits per heavy atom. The molecule has 1 rings (SSSR count). The van der Waals surface area contributed by atoms with Crippen molar-refractivity contribution in [1.29, 1.82) is 0 Å². The van der Waals surface area contributed by atoms with Crippen LogP contribution in [-0.4, -0.2) is 30.5 Å². The lowest BCUT2D eigenvalue weighted by Crippen LogP contribution is -2.27. The summed E-state index contributed by atoms with van der Waals surface area (Å²) in [7, 11) is 0. The predicted octanol–water partition coefficient (Wildman–Crippen LogP) is 2.62. The monoisotopic (exact) mass is 261 g/mol. The summed E-state index contributed by atoms with van der Waals surface area (Å²) in [5.74, 6) is -0.158. The molecule has 0 saturated carbocycles. The second-order valence-electron chi connectivity index (χ2n) is 4.39. The maximum Gasteiger partial charge on any atom is 0.270 e. The maximum atomic E-state index is 11.9. The molecule has 1 N–H and O–H groups in total. The zero-order valence-corrected chi connectivity index (χ0v) is 11.9. The van der Waals surface area contributed by atoms with Gasteiger partial charge in [-0.05, 0) is 25.0 Å². The second-order valence-corrected chi connectivity index (χ2v) is 4.39. The molecule has 0 aliphatic carbocycles. The summed E-state index contributed by atoms with van der Waals surface area (Å²) in [4.78, 5) is 18.3. The van der Waals surface area contributed by atoms with E-state index in [2.05, 4.69) is 35.6 Å². The van der Waals surface area contributed by atoms with Crippen LogP contribution in [0.3, 0.4) is 0 Å². The zero-order chi connectivity index (χ0) is 14.1. The lowest BCUT2D eigenvalue weighted by molar-refractivity contribution is 0.0953. The Hall–Kier alpha value is -1.84. The Morgan fingerprint density at radius 3 is 2.68 bits per heavy atom. The van der Waals surface area contributed by atoms with Crippen molar-refractivity contribution in [3.63, 3.8) is 0 Å². The molecule has 0 aliphatic heterocycles. The molecule has 1 heterocycles. The second kappa shape index (κ2) is 8.29. The number of anilines is 1. The van der Waals surface area contributed by atoms with Crippen molar-refractivity contribution >= 4 is 11.6 Å². The summed E-state index contributed by atoms with van der Waals surface area (Å²) in [6.07, 6.45) is 5.51. The van der Waals surface area contributed by atoms with Crippen LogP contribution in [0.4, 0.5) is 5.69 Å². The number of amides is 1. The van der Waals surface area contributed by atoms with Gasteiger partial charge in [0.2, 0.25) is 0 Å². The van der Waals surface area contributed by atoms with Crippen LogP contribution in [0, 0.1) is 0 Å². The fraction of sp³-hybridized carbons (Fsp3) is 0.467. The van der Waals surface area contributed by atoms with Crippen LogP contribution < -0.4 is 10.2 Å². The first kappa shape index (κ1) is 15.2.